The molecular formula is C10H13NO6S. The summed E-state index contributed by atoms with van der Waals surface area (Å²) in [5.74, 6) is -3.06. The maximum atomic E-state index is 11.6. The predicted octanol–water partition coefficient (Wildman–Crippen LogP) is -0.205. The van der Waals surface area contributed by atoms with Gasteiger partial charge in [0.1, 0.15) is 6.04 Å². The minimum absolute atomic E-state index is 0.0631. The molecule has 1 amide bonds. The summed E-state index contributed by atoms with van der Waals surface area (Å²) in [6.45, 7) is 1.46. The molecule has 1 aliphatic rings. The average Bonchev–Trinajstić information content (AvgIpc) is 2.54. The lowest BCUT2D eigenvalue weighted by molar-refractivity contribution is -0.153. The van der Waals surface area contributed by atoms with Gasteiger partial charge in [0.15, 0.2) is 5.12 Å². The molecule has 0 aliphatic carbocycles. The molecular weight excluding hydrogens is 262 g/mol. The van der Waals surface area contributed by atoms with Gasteiger partial charge >= 0.3 is 11.9 Å². The smallest absolute Gasteiger partial charge is 0.327 e. The number of carboxylic acid groups (broad SMARTS) is 2. The van der Waals surface area contributed by atoms with Crippen LogP contribution in [0.15, 0.2) is 0 Å². The fraction of sp³-hybridized carbons (Fsp3) is 0.600. The summed E-state index contributed by atoms with van der Waals surface area (Å²) in [6.07, 6.45) is -0.577. The Morgan fingerprint density at radius 2 is 2.06 bits per heavy atom. The summed E-state index contributed by atoms with van der Waals surface area (Å²) in [5, 5.41) is 17.1. The van der Waals surface area contributed by atoms with Crippen LogP contribution in [0.4, 0.5) is 0 Å². The van der Waals surface area contributed by atoms with Gasteiger partial charge in [-0.3, -0.25) is 14.4 Å². The van der Waals surface area contributed by atoms with Crippen molar-refractivity contribution >= 4 is 34.7 Å². The SMILES string of the molecule is CC(=O)SC1CC(=O)N(C(CC(=O)O)C(=O)O)C1. The molecule has 0 saturated carbocycles. The van der Waals surface area contributed by atoms with E-state index in [1.807, 2.05) is 0 Å². The highest BCUT2D eigenvalue weighted by molar-refractivity contribution is 8.14. The molecule has 0 aromatic rings. The highest BCUT2D eigenvalue weighted by atomic mass is 32.2. The maximum absolute atomic E-state index is 11.6. The molecule has 8 heteroatoms. The van der Waals surface area contributed by atoms with E-state index >= 15 is 0 Å². The normalized spacial score (nSPS) is 20.8. The zero-order valence-corrected chi connectivity index (χ0v) is 10.5. The first kappa shape index (κ1) is 14.5. The zero-order chi connectivity index (χ0) is 13.9. The second kappa shape index (κ2) is 5.85. The van der Waals surface area contributed by atoms with Crippen molar-refractivity contribution in [1.82, 2.24) is 4.90 Å². The molecule has 0 spiro atoms. The number of hydrogen-bond donors (Lipinski definition) is 2. The third-order valence-electron chi connectivity index (χ3n) is 2.48. The van der Waals surface area contributed by atoms with Gasteiger partial charge in [0.2, 0.25) is 5.91 Å². The van der Waals surface area contributed by atoms with Crippen LogP contribution in [0.3, 0.4) is 0 Å². The molecule has 0 aromatic carbocycles. The number of likely N-dealkylation sites (tertiary alicyclic amines) is 1. The zero-order valence-electron chi connectivity index (χ0n) is 9.66. The molecule has 0 aromatic heterocycles. The van der Waals surface area contributed by atoms with E-state index in [9.17, 15) is 19.2 Å². The number of amides is 1. The van der Waals surface area contributed by atoms with Crippen LogP contribution in [0.5, 0.6) is 0 Å². The van der Waals surface area contributed by atoms with Gasteiger partial charge in [0.05, 0.1) is 6.42 Å². The Morgan fingerprint density at radius 3 is 2.50 bits per heavy atom. The number of aliphatic carboxylic acids is 2. The van der Waals surface area contributed by atoms with Crippen molar-refractivity contribution in [2.24, 2.45) is 0 Å². The van der Waals surface area contributed by atoms with Gasteiger partial charge in [-0.1, -0.05) is 11.8 Å². The molecule has 1 aliphatic heterocycles. The van der Waals surface area contributed by atoms with Crippen LogP contribution in [-0.4, -0.2) is 55.9 Å². The third-order valence-corrected chi connectivity index (χ3v) is 3.47. The standard InChI is InChI=1S/C10H13NO6S/c1-5(12)18-6-2-8(13)11(4-6)7(10(16)17)3-9(14)15/h6-7H,2-4H2,1H3,(H,14,15)(H,16,17). The van der Waals surface area contributed by atoms with Gasteiger partial charge in [0.25, 0.3) is 0 Å². The highest BCUT2D eigenvalue weighted by Crippen LogP contribution is 2.26. The number of carbonyl (C=O) groups excluding carboxylic acids is 2. The molecule has 2 atom stereocenters. The van der Waals surface area contributed by atoms with Crippen molar-refractivity contribution < 1.29 is 29.4 Å². The molecule has 18 heavy (non-hydrogen) atoms. The Hall–Kier alpha value is -1.57. The lowest BCUT2D eigenvalue weighted by Gasteiger charge is -2.23. The molecule has 0 radical (unpaired) electrons. The lowest BCUT2D eigenvalue weighted by atomic mass is 10.2. The van der Waals surface area contributed by atoms with Gasteiger partial charge in [-0.2, -0.15) is 0 Å². The Morgan fingerprint density at radius 1 is 1.44 bits per heavy atom. The highest BCUT2D eigenvalue weighted by Gasteiger charge is 2.39. The van der Waals surface area contributed by atoms with E-state index < -0.39 is 30.3 Å². The fourth-order valence-corrected chi connectivity index (χ4v) is 2.74. The summed E-state index contributed by atoms with van der Waals surface area (Å²) >= 11 is 0.976. The van der Waals surface area contributed by atoms with Crippen molar-refractivity contribution in [1.29, 1.82) is 0 Å². The summed E-state index contributed by atoms with van der Waals surface area (Å²) in [7, 11) is 0. The van der Waals surface area contributed by atoms with E-state index in [1.54, 1.807) is 0 Å². The number of hydrogen-bond acceptors (Lipinski definition) is 5. The Labute approximate surface area is 107 Å². The number of carbonyl (C=O) groups is 4. The first-order valence-electron chi connectivity index (χ1n) is 5.22. The van der Waals surface area contributed by atoms with Crippen molar-refractivity contribution in [3.8, 4) is 0 Å². The first-order valence-corrected chi connectivity index (χ1v) is 6.10. The van der Waals surface area contributed by atoms with Crippen molar-refractivity contribution in [3.63, 3.8) is 0 Å². The quantitative estimate of drug-likeness (QED) is 0.714. The second-order valence-corrected chi connectivity index (χ2v) is 5.41. The number of rotatable bonds is 5. The second-order valence-electron chi connectivity index (χ2n) is 3.93. The molecule has 1 rings (SSSR count). The Balaban J connectivity index is 2.74. The molecule has 1 saturated heterocycles. The van der Waals surface area contributed by atoms with Gasteiger partial charge in [0, 0.05) is 25.1 Å². The summed E-state index contributed by atoms with van der Waals surface area (Å²) in [4.78, 5) is 45.1. The van der Waals surface area contributed by atoms with Gasteiger partial charge in [-0.25, -0.2) is 4.79 Å². The van der Waals surface area contributed by atoms with Crippen LogP contribution in [0.2, 0.25) is 0 Å². The van der Waals surface area contributed by atoms with Crippen molar-refractivity contribution in [2.75, 3.05) is 6.54 Å². The third kappa shape index (κ3) is 3.73. The van der Waals surface area contributed by atoms with Crippen LogP contribution >= 0.6 is 11.8 Å². The van der Waals surface area contributed by atoms with Crippen LogP contribution in [0.1, 0.15) is 19.8 Å². The van der Waals surface area contributed by atoms with E-state index in [0.29, 0.717) is 0 Å². The molecule has 2 N–H and O–H groups in total. The van der Waals surface area contributed by atoms with E-state index in [-0.39, 0.29) is 23.3 Å². The predicted molar refractivity (Wildman–Crippen MR) is 62.1 cm³/mol. The topological polar surface area (TPSA) is 112 Å². The maximum Gasteiger partial charge on any atom is 0.327 e. The molecule has 100 valence electrons. The van der Waals surface area contributed by atoms with Gasteiger partial charge < -0.3 is 15.1 Å². The summed E-state index contributed by atoms with van der Waals surface area (Å²) in [6, 6.07) is -1.37. The largest absolute Gasteiger partial charge is 0.481 e. The van der Waals surface area contributed by atoms with Crippen LogP contribution in [0.25, 0.3) is 0 Å². The van der Waals surface area contributed by atoms with Gasteiger partial charge in [-0.05, 0) is 0 Å². The fourth-order valence-electron chi connectivity index (χ4n) is 1.81. The molecule has 2 unspecified atom stereocenters. The van der Waals surface area contributed by atoms with Crippen LogP contribution < -0.4 is 0 Å². The summed E-state index contributed by atoms with van der Waals surface area (Å²) in [5.41, 5.74) is 0. The minimum atomic E-state index is -1.37. The summed E-state index contributed by atoms with van der Waals surface area (Å²) < 4.78 is 0. The molecule has 1 heterocycles. The number of nitrogens with zero attached hydrogens (tertiary/aromatic N) is 1. The van der Waals surface area contributed by atoms with Crippen molar-refractivity contribution in [2.45, 2.75) is 31.1 Å². The number of thioether (sulfide) groups is 1. The van der Waals surface area contributed by atoms with E-state index in [4.69, 9.17) is 10.2 Å². The monoisotopic (exact) mass is 275 g/mol. The Bertz CT molecular complexity index is 396. The Kier molecular flexibility index (Phi) is 4.71. The molecule has 7 nitrogen and oxygen atoms in total. The van der Waals surface area contributed by atoms with Gasteiger partial charge in [-0.15, -0.1) is 0 Å². The van der Waals surface area contributed by atoms with Crippen molar-refractivity contribution in [3.05, 3.63) is 0 Å². The van der Waals surface area contributed by atoms with E-state index in [1.165, 1.54) is 6.92 Å². The molecule has 1 fully saturated rings. The lowest BCUT2D eigenvalue weighted by Crippen LogP contribution is -2.43. The first-order chi connectivity index (χ1) is 8.31. The van der Waals surface area contributed by atoms with E-state index in [2.05, 4.69) is 0 Å². The van der Waals surface area contributed by atoms with Crippen LogP contribution in [0, 0.1) is 0 Å². The van der Waals surface area contributed by atoms with E-state index in [0.717, 1.165) is 16.7 Å². The van der Waals surface area contributed by atoms with Crippen LogP contribution in [-0.2, 0) is 19.2 Å². The number of carboxylic acids is 2. The molecule has 0 bridgehead atoms. The average molecular weight is 275 g/mol. The minimum Gasteiger partial charge on any atom is -0.481 e.